The summed E-state index contributed by atoms with van der Waals surface area (Å²) in [5.41, 5.74) is 4.79. The van der Waals surface area contributed by atoms with Gasteiger partial charge in [0.1, 0.15) is 5.75 Å². The number of amides is 3. The molecule has 3 N–H and O–H groups in total. The number of carbonyl (C=O) groups excluding carboxylic acids is 2. The molecule has 1 aromatic heterocycles. The molecule has 0 unspecified atom stereocenters. The average Bonchev–Trinajstić information content (AvgIpc) is 3.15. The van der Waals surface area contributed by atoms with E-state index >= 15 is 0 Å². The normalized spacial score (nSPS) is 11.2. The van der Waals surface area contributed by atoms with Crippen LogP contribution < -0.4 is 15.8 Å². The van der Waals surface area contributed by atoms with Crippen molar-refractivity contribution in [2.45, 2.75) is 11.3 Å². The van der Waals surface area contributed by atoms with Gasteiger partial charge in [0.2, 0.25) is 5.91 Å². The average molecular weight is 451 g/mol. The lowest BCUT2D eigenvalue weighted by molar-refractivity contribution is -0.137. The van der Waals surface area contributed by atoms with E-state index in [9.17, 15) is 22.8 Å². The molecule has 12 heteroatoms. The van der Waals surface area contributed by atoms with E-state index in [1.165, 1.54) is 23.8 Å². The maximum Gasteiger partial charge on any atom is 0.416 e. The van der Waals surface area contributed by atoms with E-state index in [2.05, 4.69) is 10.2 Å². The van der Waals surface area contributed by atoms with Gasteiger partial charge in [0.05, 0.1) is 24.1 Å². The van der Waals surface area contributed by atoms with Gasteiger partial charge in [-0.15, -0.1) is 10.2 Å². The Labute approximate surface area is 178 Å². The second-order valence-corrected chi connectivity index (χ2v) is 7.06. The van der Waals surface area contributed by atoms with E-state index < -0.39 is 23.7 Å². The van der Waals surface area contributed by atoms with Crippen molar-refractivity contribution in [1.82, 2.24) is 20.1 Å². The van der Waals surface area contributed by atoms with Gasteiger partial charge in [0.15, 0.2) is 11.0 Å². The third-order valence-electron chi connectivity index (χ3n) is 4.01. The Morgan fingerprint density at radius 3 is 2.48 bits per heavy atom. The van der Waals surface area contributed by atoms with Crippen molar-refractivity contribution in [2.75, 3.05) is 12.9 Å². The lowest BCUT2D eigenvalue weighted by atomic mass is 10.1. The molecule has 0 atom stereocenters. The van der Waals surface area contributed by atoms with E-state index in [4.69, 9.17) is 10.5 Å². The summed E-state index contributed by atoms with van der Waals surface area (Å²) in [6, 6.07) is 10.4. The molecule has 3 aromatic rings. The Kier molecular flexibility index (Phi) is 6.49. The maximum absolute atomic E-state index is 13.2. The Bertz CT molecular complexity index is 1100. The number of rotatable bonds is 6. The van der Waals surface area contributed by atoms with Gasteiger partial charge in [-0.2, -0.15) is 13.2 Å². The summed E-state index contributed by atoms with van der Waals surface area (Å²) in [4.78, 5) is 22.6. The van der Waals surface area contributed by atoms with Crippen molar-refractivity contribution < 1.29 is 27.5 Å². The number of nitrogens with one attached hydrogen (secondary N) is 1. The molecule has 0 fully saturated rings. The molecule has 3 amide bonds. The lowest BCUT2D eigenvalue weighted by Gasteiger charge is -2.13. The molecule has 31 heavy (non-hydrogen) atoms. The van der Waals surface area contributed by atoms with E-state index in [-0.39, 0.29) is 22.4 Å². The van der Waals surface area contributed by atoms with Gasteiger partial charge in [-0.1, -0.05) is 17.8 Å². The predicted octanol–water partition coefficient (Wildman–Crippen LogP) is 3.25. The van der Waals surface area contributed by atoms with Crippen molar-refractivity contribution >= 4 is 23.7 Å². The van der Waals surface area contributed by atoms with Crippen LogP contribution in [0.3, 0.4) is 0 Å². The maximum atomic E-state index is 13.2. The molecule has 0 saturated carbocycles. The summed E-state index contributed by atoms with van der Waals surface area (Å²) in [7, 11) is 1.51. The topological polar surface area (TPSA) is 112 Å². The molecule has 0 bridgehead atoms. The lowest BCUT2D eigenvalue weighted by Crippen LogP contribution is -2.36. The zero-order valence-corrected chi connectivity index (χ0v) is 16.8. The Morgan fingerprint density at radius 2 is 1.87 bits per heavy atom. The van der Waals surface area contributed by atoms with E-state index in [0.29, 0.717) is 11.3 Å². The van der Waals surface area contributed by atoms with Crippen LogP contribution in [0.25, 0.3) is 17.1 Å². The van der Waals surface area contributed by atoms with E-state index in [1.54, 1.807) is 24.3 Å². The number of aromatic nitrogens is 3. The van der Waals surface area contributed by atoms with Gasteiger partial charge in [0, 0.05) is 5.56 Å². The number of carbonyl (C=O) groups is 2. The molecule has 0 aliphatic carbocycles. The van der Waals surface area contributed by atoms with Crippen molar-refractivity contribution in [2.24, 2.45) is 5.73 Å². The first-order chi connectivity index (χ1) is 14.7. The van der Waals surface area contributed by atoms with Crippen molar-refractivity contribution in [3.05, 3.63) is 54.1 Å². The fourth-order valence-corrected chi connectivity index (χ4v) is 3.40. The highest BCUT2D eigenvalue weighted by atomic mass is 32.2. The highest BCUT2D eigenvalue weighted by Crippen LogP contribution is 2.33. The second kappa shape index (κ2) is 9.08. The molecule has 0 aliphatic rings. The molecule has 1 heterocycles. The molecule has 3 rings (SSSR count). The summed E-state index contributed by atoms with van der Waals surface area (Å²) < 4.78 is 46.2. The molecule has 0 spiro atoms. The largest absolute Gasteiger partial charge is 0.497 e. The highest BCUT2D eigenvalue weighted by molar-refractivity contribution is 7.99. The summed E-state index contributed by atoms with van der Waals surface area (Å²) in [6.45, 7) is 0. The fraction of sp³-hybridized carbons (Fsp3) is 0.158. The van der Waals surface area contributed by atoms with Crippen LogP contribution in [0, 0.1) is 0 Å². The van der Waals surface area contributed by atoms with Gasteiger partial charge in [-0.3, -0.25) is 14.7 Å². The van der Waals surface area contributed by atoms with Crippen molar-refractivity contribution in [3.8, 4) is 22.8 Å². The molecular weight excluding hydrogens is 435 g/mol. The van der Waals surface area contributed by atoms with Crippen LogP contribution in [0.4, 0.5) is 18.0 Å². The minimum Gasteiger partial charge on any atom is -0.497 e. The third-order valence-corrected chi connectivity index (χ3v) is 4.94. The molecule has 2 aromatic carbocycles. The van der Waals surface area contributed by atoms with E-state index in [1.807, 2.05) is 5.32 Å². The van der Waals surface area contributed by atoms with Crippen LogP contribution >= 0.6 is 11.8 Å². The summed E-state index contributed by atoms with van der Waals surface area (Å²) in [5.74, 6) is -0.0729. The zero-order chi connectivity index (χ0) is 22.6. The predicted molar refractivity (Wildman–Crippen MR) is 107 cm³/mol. The van der Waals surface area contributed by atoms with E-state index in [0.717, 1.165) is 23.9 Å². The summed E-state index contributed by atoms with van der Waals surface area (Å²) in [6.07, 6.45) is -4.54. The monoisotopic (exact) mass is 451 g/mol. The minimum atomic E-state index is -4.54. The number of hydrogen-bond donors (Lipinski definition) is 2. The quantitative estimate of drug-likeness (QED) is 0.557. The molecule has 0 radical (unpaired) electrons. The van der Waals surface area contributed by atoms with Gasteiger partial charge < -0.3 is 10.5 Å². The molecule has 0 saturated heterocycles. The van der Waals surface area contributed by atoms with Crippen molar-refractivity contribution in [1.29, 1.82) is 0 Å². The number of nitrogens with two attached hydrogens (primary N) is 1. The number of primary amides is 1. The van der Waals surface area contributed by atoms with Crippen LogP contribution in [0.1, 0.15) is 5.56 Å². The third kappa shape index (κ3) is 5.34. The van der Waals surface area contributed by atoms with Crippen LogP contribution in [0.15, 0.2) is 53.7 Å². The van der Waals surface area contributed by atoms with Gasteiger partial charge in [-0.05, 0) is 42.5 Å². The number of benzene rings is 2. The second-order valence-electron chi connectivity index (χ2n) is 6.12. The summed E-state index contributed by atoms with van der Waals surface area (Å²) in [5, 5.41) is 10.2. The molecule has 162 valence electrons. The number of hydrogen-bond acceptors (Lipinski definition) is 6. The standard InChI is InChI=1S/C19H16F3N5O3S/c1-30-14-7-5-11(6-8-14)16-25-26-18(31-10-15(28)24-17(23)29)27(16)13-4-2-3-12(9-13)19(20,21)22/h2-9H,10H2,1H3,(H3,23,24,28,29). The van der Waals surface area contributed by atoms with Crippen molar-refractivity contribution in [3.63, 3.8) is 0 Å². The number of imide groups is 1. The van der Waals surface area contributed by atoms with Crippen LogP contribution in [-0.2, 0) is 11.0 Å². The first-order valence-corrected chi connectivity index (χ1v) is 9.67. The molecular formula is C19H16F3N5O3S. The first kappa shape index (κ1) is 22.2. The SMILES string of the molecule is COc1ccc(-c2nnc(SCC(=O)NC(N)=O)n2-c2cccc(C(F)(F)F)c2)cc1. The fourth-order valence-electron chi connectivity index (χ4n) is 2.65. The number of ether oxygens (including phenoxy) is 1. The smallest absolute Gasteiger partial charge is 0.416 e. The first-order valence-electron chi connectivity index (χ1n) is 8.68. The number of alkyl halides is 3. The Morgan fingerprint density at radius 1 is 1.16 bits per heavy atom. The van der Waals surface area contributed by atoms with Crippen LogP contribution in [-0.4, -0.2) is 39.6 Å². The number of nitrogens with zero attached hydrogens (tertiary/aromatic N) is 3. The van der Waals surface area contributed by atoms with Gasteiger partial charge in [-0.25, -0.2) is 4.79 Å². The number of urea groups is 1. The Hall–Kier alpha value is -3.54. The number of thioether (sulfide) groups is 1. The number of halogens is 3. The summed E-state index contributed by atoms with van der Waals surface area (Å²) >= 11 is 0.892. The van der Waals surface area contributed by atoms with Crippen LogP contribution in [0.5, 0.6) is 5.75 Å². The molecule has 0 aliphatic heterocycles. The van der Waals surface area contributed by atoms with Gasteiger partial charge >= 0.3 is 12.2 Å². The van der Waals surface area contributed by atoms with Crippen LogP contribution in [0.2, 0.25) is 0 Å². The Balaban J connectivity index is 2.05. The minimum absolute atomic E-state index is 0.156. The highest BCUT2D eigenvalue weighted by Gasteiger charge is 2.31. The molecule has 8 nitrogen and oxygen atoms in total. The zero-order valence-electron chi connectivity index (χ0n) is 16.0. The van der Waals surface area contributed by atoms with Gasteiger partial charge in [0.25, 0.3) is 0 Å². The number of methoxy groups -OCH3 is 1.